The number of benzene rings is 2. The number of nitrogens with one attached hydrogen (secondary N) is 1. The van der Waals surface area contributed by atoms with Crippen molar-refractivity contribution in [3.63, 3.8) is 0 Å². The molecule has 0 bridgehead atoms. The Morgan fingerprint density at radius 3 is 2.39 bits per heavy atom. The zero-order chi connectivity index (χ0) is 22.4. The molecule has 2 aromatic rings. The van der Waals surface area contributed by atoms with Crippen molar-refractivity contribution in [2.45, 2.75) is 24.8 Å². The number of amides is 1. The van der Waals surface area contributed by atoms with Crippen LogP contribution in [0.4, 0.5) is 5.69 Å². The van der Waals surface area contributed by atoms with Gasteiger partial charge in [0, 0.05) is 38.8 Å². The summed E-state index contributed by atoms with van der Waals surface area (Å²) in [5.41, 5.74) is 1.88. The monoisotopic (exact) mass is 445 g/mol. The van der Waals surface area contributed by atoms with Gasteiger partial charge >= 0.3 is 5.97 Å². The van der Waals surface area contributed by atoms with Gasteiger partial charge in [0.1, 0.15) is 0 Å². The van der Waals surface area contributed by atoms with Gasteiger partial charge in [0.25, 0.3) is 0 Å². The van der Waals surface area contributed by atoms with Crippen molar-refractivity contribution in [3.05, 3.63) is 59.7 Å². The predicted octanol–water partition coefficient (Wildman–Crippen LogP) is 2.33. The van der Waals surface area contributed by atoms with Crippen molar-refractivity contribution in [1.82, 2.24) is 9.21 Å². The number of anilines is 1. The minimum atomic E-state index is -3.82. The molecule has 1 aliphatic heterocycles. The Morgan fingerprint density at radius 1 is 1.00 bits per heavy atom. The highest BCUT2D eigenvalue weighted by molar-refractivity contribution is 7.89. The van der Waals surface area contributed by atoms with Gasteiger partial charge in [-0.05, 0) is 42.8 Å². The Morgan fingerprint density at radius 2 is 1.71 bits per heavy atom. The molecule has 0 aliphatic carbocycles. The van der Waals surface area contributed by atoms with E-state index in [0.717, 1.165) is 17.8 Å². The van der Waals surface area contributed by atoms with Crippen LogP contribution in [0.2, 0.25) is 0 Å². The second-order valence-electron chi connectivity index (χ2n) is 7.40. The Hall–Kier alpha value is -2.75. The Kier molecular flexibility index (Phi) is 7.42. The summed E-state index contributed by atoms with van der Waals surface area (Å²) in [4.78, 5) is 25.4. The molecule has 3 rings (SSSR count). The molecule has 1 heterocycles. The molecule has 9 heteroatoms. The van der Waals surface area contributed by atoms with Crippen LogP contribution in [-0.2, 0) is 26.1 Å². The number of nitrogens with zero attached hydrogens (tertiary/aromatic N) is 2. The first-order valence-corrected chi connectivity index (χ1v) is 11.5. The van der Waals surface area contributed by atoms with Gasteiger partial charge in [-0.15, -0.1) is 0 Å². The molecule has 31 heavy (non-hydrogen) atoms. The Bertz CT molecular complexity index is 1040. The van der Waals surface area contributed by atoms with E-state index in [2.05, 4.69) is 10.2 Å². The highest BCUT2D eigenvalue weighted by Crippen LogP contribution is 2.23. The van der Waals surface area contributed by atoms with E-state index in [-0.39, 0.29) is 16.4 Å². The summed E-state index contributed by atoms with van der Waals surface area (Å²) in [6.45, 7) is 4.21. The first kappa shape index (κ1) is 22.9. The second kappa shape index (κ2) is 10.0. The quantitative estimate of drug-likeness (QED) is 0.686. The van der Waals surface area contributed by atoms with Crippen LogP contribution in [0.3, 0.4) is 0 Å². The third-order valence-electron chi connectivity index (χ3n) is 5.14. The van der Waals surface area contributed by atoms with E-state index >= 15 is 0 Å². The molecule has 1 N–H and O–H groups in total. The van der Waals surface area contributed by atoms with Gasteiger partial charge < -0.3 is 10.1 Å². The maximum Gasteiger partial charge on any atom is 0.339 e. The number of hydrogen-bond donors (Lipinski definition) is 1. The fourth-order valence-corrected chi connectivity index (χ4v) is 5.26. The number of rotatable bonds is 6. The fraction of sp³-hybridized carbons (Fsp3) is 0.364. The van der Waals surface area contributed by atoms with Crippen LogP contribution in [0.5, 0.6) is 0 Å². The van der Waals surface area contributed by atoms with Crippen LogP contribution < -0.4 is 5.32 Å². The van der Waals surface area contributed by atoms with Gasteiger partial charge in [0.2, 0.25) is 15.9 Å². The summed E-state index contributed by atoms with van der Waals surface area (Å²) in [7, 11) is -2.58. The lowest BCUT2D eigenvalue weighted by molar-refractivity contribution is -0.114. The highest BCUT2D eigenvalue weighted by atomic mass is 32.2. The number of ether oxygens (including phenoxy) is 1. The molecule has 0 unspecified atom stereocenters. The average Bonchev–Trinajstić information content (AvgIpc) is 3.00. The molecule has 0 radical (unpaired) electrons. The number of sulfonamides is 1. The molecule has 1 saturated heterocycles. The number of hydrogen-bond acceptors (Lipinski definition) is 6. The van der Waals surface area contributed by atoms with Crippen LogP contribution in [0.15, 0.2) is 53.4 Å². The van der Waals surface area contributed by atoms with Crippen LogP contribution in [0.1, 0.15) is 29.3 Å². The number of esters is 1. The summed E-state index contributed by atoms with van der Waals surface area (Å²) >= 11 is 0. The fourth-order valence-electron chi connectivity index (χ4n) is 3.61. The third-order valence-corrected chi connectivity index (χ3v) is 7.09. The van der Waals surface area contributed by atoms with Crippen molar-refractivity contribution in [2.24, 2.45) is 0 Å². The van der Waals surface area contributed by atoms with E-state index in [1.807, 2.05) is 24.3 Å². The number of carbonyl (C=O) groups is 2. The lowest BCUT2D eigenvalue weighted by Crippen LogP contribution is -2.35. The van der Waals surface area contributed by atoms with Crippen LogP contribution in [-0.4, -0.2) is 62.8 Å². The summed E-state index contributed by atoms with van der Waals surface area (Å²) in [6, 6.07) is 13.8. The lowest BCUT2D eigenvalue weighted by atomic mass is 10.2. The largest absolute Gasteiger partial charge is 0.465 e. The number of methoxy groups -OCH3 is 1. The summed E-state index contributed by atoms with van der Waals surface area (Å²) < 4.78 is 32.7. The highest BCUT2D eigenvalue weighted by Gasteiger charge is 2.30. The normalized spacial score (nSPS) is 15.8. The summed E-state index contributed by atoms with van der Waals surface area (Å²) in [5, 5.41) is 2.74. The van der Waals surface area contributed by atoms with Gasteiger partial charge in [-0.25, -0.2) is 13.2 Å². The van der Waals surface area contributed by atoms with E-state index in [4.69, 9.17) is 4.74 Å². The first-order valence-electron chi connectivity index (χ1n) is 10.1. The average molecular weight is 446 g/mol. The molecular formula is C22H27N3O5S. The molecule has 0 saturated carbocycles. The van der Waals surface area contributed by atoms with E-state index in [9.17, 15) is 18.0 Å². The van der Waals surface area contributed by atoms with Gasteiger partial charge in [0.15, 0.2) is 0 Å². The van der Waals surface area contributed by atoms with Gasteiger partial charge in [0.05, 0.1) is 17.6 Å². The van der Waals surface area contributed by atoms with Gasteiger partial charge in [-0.3, -0.25) is 9.69 Å². The standard InChI is InChI=1S/C22H27N3O5S/c1-17(26)23-19-10-8-18(9-11-19)16-24-12-5-13-25(15-14-24)31(28,29)21-7-4-3-6-20(21)22(27)30-2/h3-4,6-11H,5,12-16H2,1-2H3,(H,23,26). The maximum atomic E-state index is 13.2. The maximum absolute atomic E-state index is 13.2. The van der Waals surface area contributed by atoms with Crippen molar-refractivity contribution >= 4 is 27.6 Å². The molecular weight excluding hydrogens is 418 g/mol. The van der Waals surface area contributed by atoms with Crippen molar-refractivity contribution < 1.29 is 22.7 Å². The Labute approximate surface area is 182 Å². The van der Waals surface area contributed by atoms with Gasteiger partial charge in [-0.1, -0.05) is 24.3 Å². The SMILES string of the molecule is COC(=O)c1ccccc1S(=O)(=O)N1CCCN(Cc2ccc(NC(C)=O)cc2)CC1. The molecule has 166 valence electrons. The van der Waals surface area contributed by atoms with E-state index in [1.165, 1.54) is 30.5 Å². The minimum absolute atomic E-state index is 0.0242. The minimum Gasteiger partial charge on any atom is -0.465 e. The summed E-state index contributed by atoms with van der Waals surface area (Å²) in [6.07, 6.45) is 0.684. The second-order valence-corrected chi connectivity index (χ2v) is 9.31. The molecule has 0 aromatic heterocycles. The van der Waals surface area contributed by atoms with Crippen LogP contribution in [0.25, 0.3) is 0 Å². The zero-order valence-electron chi connectivity index (χ0n) is 17.7. The Balaban J connectivity index is 1.68. The molecule has 0 spiro atoms. The lowest BCUT2D eigenvalue weighted by Gasteiger charge is -2.22. The molecule has 1 amide bonds. The molecule has 1 aliphatic rings. The molecule has 1 fully saturated rings. The van der Waals surface area contributed by atoms with Crippen molar-refractivity contribution in [3.8, 4) is 0 Å². The van der Waals surface area contributed by atoms with Crippen LogP contribution >= 0.6 is 0 Å². The first-order chi connectivity index (χ1) is 14.8. The van der Waals surface area contributed by atoms with E-state index in [0.29, 0.717) is 32.6 Å². The van der Waals surface area contributed by atoms with Crippen molar-refractivity contribution in [2.75, 3.05) is 38.6 Å². The van der Waals surface area contributed by atoms with Crippen molar-refractivity contribution in [1.29, 1.82) is 0 Å². The van der Waals surface area contributed by atoms with E-state index < -0.39 is 16.0 Å². The number of carbonyl (C=O) groups excluding carboxylic acids is 2. The van der Waals surface area contributed by atoms with Gasteiger partial charge in [-0.2, -0.15) is 4.31 Å². The molecule has 8 nitrogen and oxygen atoms in total. The predicted molar refractivity (Wildman–Crippen MR) is 117 cm³/mol. The topological polar surface area (TPSA) is 96.0 Å². The zero-order valence-corrected chi connectivity index (χ0v) is 18.5. The third kappa shape index (κ3) is 5.69. The molecule has 2 aromatic carbocycles. The summed E-state index contributed by atoms with van der Waals surface area (Å²) in [5.74, 6) is -0.784. The molecule has 0 atom stereocenters. The smallest absolute Gasteiger partial charge is 0.339 e. The van der Waals surface area contributed by atoms with E-state index in [1.54, 1.807) is 12.1 Å². The van der Waals surface area contributed by atoms with Crippen LogP contribution in [0, 0.1) is 0 Å².